The first-order chi connectivity index (χ1) is 6.65. The van der Waals surface area contributed by atoms with E-state index < -0.39 is 0 Å². The quantitative estimate of drug-likeness (QED) is 0.713. The molecule has 0 saturated heterocycles. The van der Waals surface area contributed by atoms with E-state index in [-0.39, 0.29) is 0 Å². The van der Waals surface area contributed by atoms with E-state index in [9.17, 15) is 0 Å². The topological polar surface area (TPSA) is 25.8 Å². The molecule has 14 heavy (non-hydrogen) atoms. The Bertz CT molecular complexity index is 440. The van der Waals surface area contributed by atoms with E-state index in [1.165, 1.54) is 10.4 Å². The third-order valence-electron chi connectivity index (χ3n) is 1.99. The molecule has 2 nitrogen and oxygen atoms in total. The molecule has 0 aliphatic heterocycles. The monoisotopic (exact) mass is 204 g/mol. The van der Waals surface area contributed by atoms with Crippen molar-refractivity contribution >= 4 is 11.3 Å². The molecule has 0 bridgehead atoms. The van der Waals surface area contributed by atoms with Gasteiger partial charge in [-0.2, -0.15) is 0 Å². The first-order valence-electron chi connectivity index (χ1n) is 4.53. The van der Waals surface area contributed by atoms with Crippen molar-refractivity contribution in [3.8, 4) is 10.4 Å². The molecule has 0 aliphatic rings. The van der Waals surface area contributed by atoms with Crippen molar-refractivity contribution < 1.29 is 0 Å². The van der Waals surface area contributed by atoms with Gasteiger partial charge in [0.05, 0.1) is 9.88 Å². The third kappa shape index (κ3) is 1.82. The highest BCUT2D eigenvalue weighted by atomic mass is 32.1. The number of thiazole rings is 1. The van der Waals surface area contributed by atoms with Crippen molar-refractivity contribution in [3.05, 3.63) is 34.7 Å². The zero-order valence-electron chi connectivity index (χ0n) is 8.53. The molecular weight excluding hydrogens is 192 g/mol. The van der Waals surface area contributed by atoms with E-state index in [2.05, 4.69) is 22.1 Å². The molecule has 0 aliphatic carbocycles. The molecule has 2 heterocycles. The molecule has 0 spiro atoms. The fraction of sp³-hybridized carbons (Fsp3) is 0.273. The summed E-state index contributed by atoms with van der Waals surface area (Å²) in [5.41, 5.74) is 3.35. The summed E-state index contributed by atoms with van der Waals surface area (Å²) in [6.45, 7) is 6.06. The van der Waals surface area contributed by atoms with Gasteiger partial charge in [0.15, 0.2) is 0 Å². The molecule has 3 heteroatoms. The van der Waals surface area contributed by atoms with Crippen molar-refractivity contribution in [3.63, 3.8) is 0 Å². The largest absolute Gasteiger partial charge is 0.258 e. The van der Waals surface area contributed by atoms with E-state index in [0.717, 1.165) is 16.4 Å². The molecule has 0 N–H and O–H groups in total. The molecule has 2 rings (SSSR count). The van der Waals surface area contributed by atoms with E-state index in [1.54, 1.807) is 11.3 Å². The summed E-state index contributed by atoms with van der Waals surface area (Å²) < 4.78 is 0. The fourth-order valence-corrected chi connectivity index (χ4v) is 2.24. The number of rotatable bonds is 1. The Morgan fingerprint density at radius 3 is 2.21 bits per heavy atom. The standard InChI is InChI=1S/C11H12N2S/c1-7-4-10(5-8(2)13-7)11-6-12-9(3)14-11/h4-6H,1-3H3. The summed E-state index contributed by atoms with van der Waals surface area (Å²) in [5, 5.41) is 1.10. The fourth-order valence-electron chi connectivity index (χ4n) is 1.47. The number of aromatic nitrogens is 2. The molecular formula is C11H12N2S. The summed E-state index contributed by atoms with van der Waals surface area (Å²) in [5.74, 6) is 0. The molecule has 0 fully saturated rings. The zero-order chi connectivity index (χ0) is 10.1. The second-order valence-electron chi connectivity index (χ2n) is 3.38. The van der Waals surface area contributed by atoms with Gasteiger partial charge in [0.2, 0.25) is 0 Å². The van der Waals surface area contributed by atoms with Crippen LogP contribution < -0.4 is 0 Å². The van der Waals surface area contributed by atoms with E-state index >= 15 is 0 Å². The van der Waals surface area contributed by atoms with Crippen molar-refractivity contribution in [2.75, 3.05) is 0 Å². The van der Waals surface area contributed by atoms with Crippen LogP contribution in [0.1, 0.15) is 16.4 Å². The first-order valence-corrected chi connectivity index (χ1v) is 5.35. The normalized spacial score (nSPS) is 10.5. The van der Waals surface area contributed by atoms with Gasteiger partial charge >= 0.3 is 0 Å². The molecule has 2 aromatic heterocycles. The van der Waals surface area contributed by atoms with Gasteiger partial charge < -0.3 is 0 Å². The van der Waals surface area contributed by atoms with Crippen molar-refractivity contribution in [1.82, 2.24) is 9.97 Å². The predicted octanol–water partition coefficient (Wildman–Crippen LogP) is 3.13. The van der Waals surface area contributed by atoms with E-state index in [4.69, 9.17) is 0 Å². The summed E-state index contributed by atoms with van der Waals surface area (Å²) in [7, 11) is 0. The van der Waals surface area contributed by atoms with Gasteiger partial charge in [0.25, 0.3) is 0 Å². The van der Waals surface area contributed by atoms with Crippen molar-refractivity contribution in [1.29, 1.82) is 0 Å². The van der Waals surface area contributed by atoms with Gasteiger partial charge in [-0.3, -0.25) is 4.98 Å². The SMILES string of the molecule is Cc1cc(-c2cnc(C)s2)cc(C)n1. The molecule has 72 valence electrons. The van der Waals surface area contributed by atoms with Crippen LogP contribution in [-0.2, 0) is 0 Å². The van der Waals surface area contributed by atoms with Crippen LogP contribution in [0.25, 0.3) is 10.4 Å². The Morgan fingerprint density at radius 2 is 1.71 bits per heavy atom. The zero-order valence-corrected chi connectivity index (χ0v) is 9.35. The molecule has 0 amide bonds. The lowest BCUT2D eigenvalue weighted by atomic mass is 10.2. The lowest BCUT2D eigenvalue weighted by Crippen LogP contribution is -1.86. The minimum atomic E-state index is 1.06. The number of hydrogen-bond acceptors (Lipinski definition) is 3. The smallest absolute Gasteiger partial charge is 0.0900 e. The Hall–Kier alpha value is -1.22. The maximum absolute atomic E-state index is 4.35. The first kappa shape index (κ1) is 9.34. The van der Waals surface area contributed by atoms with Gasteiger partial charge in [0, 0.05) is 17.6 Å². The van der Waals surface area contributed by atoms with Gasteiger partial charge in [-0.15, -0.1) is 11.3 Å². The van der Waals surface area contributed by atoms with Gasteiger partial charge in [-0.25, -0.2) is 4.98 Å². The number of hydrogen-bond donors (Lipinski definition) is 0. The van der Waals surface area contributed by atoms with Gasteiger partial charge in [-0.1, -0.05) is 0 Å². The van der Waals surface area contributed by atoms with Crippen LogP contribution in [0.5, 0.6) is 0 Å². The van der Waals surface area contributed by atoms with E-state index in [0.29, 0.717) is 0 Å². The van der Waals surface area contributed by atoms with Crippen LogP contribution in [-0.4, -0.2) is 9.97 Å². The van der Waals surface area contributed by atoms with Crippen LogP contribution >= 0.6 is 11.3 Å². The van der Waals surface area contributed by atoms with Gasteiger partial charge in [-0.05, 0) is 38.5 Å². The molecule has 2 aromatic rings. The third-order valence-corrected chi connectivity index (χ3v) is 2.95. The minimum absolute atomic E-state index is 1.06. The highest BCUT2D eigenvalue weighted by Gasteiger charge is 2.03. The summed E-state index contributed by atoms with van der Waals surface area (Å²) in [6, 6.07) is 4.19. The second kappa shape index (κ2) is 3.50. The highest BCUT2D eigenvalue weighted by Crippen LogP contribution is 2.26. The maximum Gasteiger partial charge on any atom is 0.0900 e. The molecule has 0 aromatic carbocycles. The summed E-state index contributed by atoms with van der Waals surface area (Å²) >= 11 is 1.72. The number of nitrogens with zero attached hydrogens (tertiary/aromatic N) is 2. The average Bonchev–Trinajstić information content (AvgIpc) is 2.50. The Balaban J connectivity index is 2.51. The van der Waals surface area contributed by atoms with Crippen LogP contribution in [0.15, 0.2) is 18.3 Å². The van der Waals surface area contributed by atoms with Crippen LogP contribution in [0.4, 0.5) is 0 Å². The molecule has 0 unspecified atom stereocenters. The highest BCUT2D eigenvalue weighted by molar-refractivity contribution is 7.15. The Kier molecular flexibility index (Phi) is 2.33. The summed E-state index contributed by atoms with van der Waals surface area (Å²) in [4.78, 5) is 9.82. The van der Waals surface area contributed by atoms with Crippen LogP contribution in [0.2, 0.25) is 0 Å². The van der Waals surface area contributed by atoms with Gasteiger partial charge in [0.1, 0.15) is 0 Å². The van der Waals surface area contributed by atoms with Crippen molar-refractivity contribution in [2.24, 2.45) is 0 Å². The lowest BCUT2D eigenvalue weighted by molar-refractivity contribution is 1.12. The molecule has 0 atom stereocenters. The minimum Gasteiger partial charge on any atom is -0.258 e. The average molecular weight is 204 g/mol. The number of aryl methyl sites for hydroxylation is 3. The predicted molar refractivity (Wildman–Crippen MR) is 59.6 cm³/mol. The van der Waals surface area contributed by atoms with E-state index in [1.807, 2.05) is 27.0 Å². The van der Waals surface area contributed by atoms with Crippen molar-refractivity contribution in [2.45, 2.75) is 20.8 Å². The maximum atomic E-state index is 4.35. The van der Waals surface area contributed by atoms with Crippen LogP contribution in [0, 0.1) is 20.8 Å². The second-order valence-corrected chi connectivity index (χ2v) is 4.62. The Morgan fingerprint density at radius 1 is 1.07 bits per heavy atom. The number of pyridine rings is 1. The lowest BCUT2D eigenvalue weighted by Gasteiger charge is -2.00. The Labute approximate surface area is 87.7 Å². The summed E-state index contributed by atoms with van der Waals surface area (Å²) in [6.07, 6.45) is 1.92. The molecule has 0 saturated carbocycles. The molecule has 0 radical (unpaired) electrons. The van der Waals surface area contributed by atoms with Crippen LogP contribution in [0.3, 0.4) is 0 Å².